The third kappa shape index (κ3) is 4.30. The second-order valence-electron chi connectivity index (χ2n) is 6.57. The zero-order valence-corrected chi connectivity index (χ0v) is 16.1. The van der Waals surface area contributed by atoms with Crippen LogP contribution in [0.1, 0.15) is 28.8 Å². The Morgan fingerprint density at radius 3 is 2.62 bits per heavy atom. The van der Waals surface area contributed by atoms with Gasteiger partial charge in [0.2, 0.25) is 5.91 Å². The van der Waals surface area contributed by atoms with E-state index >= 15 is 0 Å². The van der Waals surface area contributed by atoms with Crippen molar-refractivity contribution in [1.82, 2.24) is 4.90 Å². The Labute approximate surface area is 160 Å². The number of nitrogens with zero attached hydrogens (tertiary/aromatic N) is 1. The SMILES string of the molecule is Cc1ccc(NC(=O)C2CCCN(C(=O)c3ccc(F)cc3)C2)c(Br)c1. The summed E-state index contributed by atoms with van der Waals surface area (Å²) in [5, 5.41) is 2.94. The molecule has 1 aliphatic rings. The first kappa shape index (κ1) is 18.6. The monoisotopic (exact) mass is 418 g/mol. The van der Waals surface area contributed by atoms with Gasteiger partial charge in [-0.15, -0.1) is 0 Å². The molecule has 2 amide bonds. The highest BCUT2D eigenvalue weighted by Gasteiger charge is 2.29. The number of aryl methyl sites for hydroxylation is 1. The average Bonchev–Trinajstić information content (AvgIpc) is 2.64. The van der Waals surface area contributed by atoms with Crippen molar-refractivity contribution in [2.45, 2.75) is 19.8 Å². The summed E-state index contributed by atoms with van der Waals surface area (Å²) in [5.41, 5.74) is 2.26. The maximum atomic E-state index is 13.0. The quantitative estimate of drug-likeness (QED) is 0.803. The molecule has 1 unspecified atom stereocenters. The van der Waals surface area contributed by atoms with E-state index in [0.29, 0.717) is 18.7 Å². The van der Waals surface area contributed by atoms with Crippen LogP contribution in [-0.4, -0.2) is 29.8 Å². The van der Waals surface area contributed by atoms with Crippen molar-refractivity contribution in [2.75, 3.05) is 18.4 Å². The summed E-state index contributed by atoms with van der Waals surface area (Å²) in [6.07, 6.45) is 1.50. The van der Waals surface area contributed by atoms with E-state index in [0.717, 1.165) is 28.6 Å². The van der Waals surface area contributed by atoms with Gasteiger partial charge in [0.25, 0.3) is 5.91 Å². The smallest absolute Gasteiger partial charge is 0.253 e. The van der Waals surface area contributed by atoms with Gasteiger partial charge in [-0.05, 0) is 77.7 Å². The lowest BCUT2D eigenvalue weighted by Crippen LogP contribution is -2.43. The van der Waals surface area contributed by atoms with Crippen LogP contribution in [0.25, 0.3) is 0 Å². The standard InChI is InChI=1S/C20H20BrFN2O2/c1-13-4-9-18(17(21)11-13)23-19(25)15-3-2-10-24(12-15)20(26)14-5-7-16(22)8-6-14/h4-9,11,15H,2-3,10,12H2,1H3,(H,23,25). The second-order valence-corrected chi connectivity index (χ2v) is 7.42. The lowest BCUT2D eigenvalue weighted by Gasteiger charge is -2.32. The first-order valence-corrected chi connectivity index (χ1v) is 9.35. The largest absolute Gasteiger partial charge is 0.338 e. The lowest BCUT2D eigenvalue weighted by molar-refractivity contribution is -0.121. The minimum Gasteiger partial charge on any atom is -0.338 e. The number of halogens is 2. The first-order valence-electron chi connectivity index (χ1n) is 8.56. The molecule has 1 atom stereocenters. The summed E-state index contributed by atoms with van der Waals surface area (Å²) >= 11 is 3.46. The number of nitrogens with one attached hydrogen (secondary N) is 1. The number of piperidine rings is 1. The molecule has 1 heterocycles. The van der Waals surface area contributed by atoms with Gasteiger partial charge in [-0.3, -0.25) is 9.59 Å². The Bertz CT molecular complexity index is 823. The highest BCUT2D eigenvalue weighted by Crippen LogP contribution is 2.26. The molecule has 2 aromatic carbocycles. The maximum Gasteiger partial charge on any atom is 0.253 e. The average molecular weight is 419 g/mol. The van der Waals surface area contributed by atoms with Crippen molar-refractivity contribution >= 4 is 33.4 Å². The van der Waals surface area contributed by atoms with Gasteiger partial charge < -0.3 is 10.2 Å². The molecule has 0 spiro atoms. The van der Waals surface area contributed by atoms with Crippen LogP contribution < -0.4 is 5.32 Å². The minimum absolute atomic E-state index is 0.0915. The Hall–Kier alpha value is -2.21. The number of rotatable bonds is 3. The summed E-state index contributed by atoms with van der Waals surface area (Å²) in [6, 6.07) is 11.2. The molecule has 0 bridgehead atoms. The fourth-order valence-corrected chi connectivity index (χ4v) is 3.70. The van der Waals surface area contributed by atoms with Crippen molar-refractivity contribution < 1.29 is 14.0 Å². The third-order valence-electron chi connectivity index (χ3n) is 4.55. The predicted octanol–water partition coefficient (Wildman–Crippen LogP) is 4.39. The molecule has 1 aliphatic heterocycles. The van der Waals surface area contributed by atoms with Crippen molar-refractivity contribution in [3.8, 4) is 0 Å². The van der Waals surface area contributed by atoms with E-state index in [1.165, 1.54) is 24.3 Å². The molecule has 26 heavy (non-hydrogen) atoms. The number of hydrogen-bond acceptors (Lipinski definition) is 2. The fraction of sp³-hybridized carbons (Fsp3) is 0.300. The number of benzene rings is 2. The second kappa shape index (κ2) is 7.99. The third-order valence-corrected chi connectivity index (χ3v) is 5.21. The molecule has 0 saturated carbocycles. The summed E-state index contributed by atoms with van der Waals surface area (Å²) in [4.78, 5) is 26.9. The molecule has 3 rings (SSSR count). The van der Waals surface area contributed by atoms with Gasteiger partial charge >= 0.3 is 0 Å². The molecule has 1 saturated heterocycles. The molecule has 6 heteroatoms. The van der Waals surface area contributed by atoms with Gasteiger partial charge in [-0.2, -0.15) is 0 Å². The molecule has 4 nitrogen and oxygen atoms in total. The molecular weight excluding hydrogens is 399 g/mol. The van der Waals surface area contributed by atoms with Crippen molar-refractivity contribution in [2.24, 2.45) is 5.92 Å². The molecular formula is C20H20BrFN2O2. The highest BCUT2D eigenvalue weighted by molar-refractivity contribution is 9.10. The van der Waals surface area contributed by atoms with Crippen molar-refractivity contribution in [3.63, 3.8) is 0 Å². The van der Waals surface area contributed by atoms with E-state index in [9.17, 15) is 14.0 Å². The van der Waals surface area contributed by atoms with Crippen LogP contribution in [0.2, 0.25) is 0 Å². The zero-order valence-electron chi connectivity index (χ0n) is 14.5. The van der Waals surface area contributed by atoms with E-state index in [1.54, 1.807) is 4.90 Å². The first-order chi connectivity index (χ1) is 12.4. The number of carbonyl (C=O) groups excluding carboxylic acids is 2. The van der Waals surface area contributed by atoms with Crippen LogP contribution in [-0.2, 0) is 4.79 Å². The normalized spacial score (nSPS) is 17.0. The Morgan fingerprint density at radius 1 is 1.19 bits per heavy atom. The van der Waals surface area contributed by atoms with Gasteiger partial charge in [-0.1, -0.05) is 6.07 Å². The predicted molar refractivity (Wildman–Crippen MR) is 103 cm³/mol. The van der Waals surface area contributed by atoms with Crippen LogP contribution in [0, 0.1) is 18.7 Å². The van der Waals surface area contributed by atoms with Crippen molar-refractivity contribution in [3.05, 3.63) is 63.9 Å². The Kier molecular flexibility index (Phi) is 5.71. The molecule has 136 valence electrons. The molecule has 0 aromatic heterocycles. The van der Waals surface area contributed by atoms with E-state index in [2.05, 4.69) is 21.2 Å². The van der Waals surface area contributed by atoms with Crippen LogP contribution in [0.5, 0.6) is 0 Å². The molecule has 0 radical (unpaired) electrons. The summed E-state index contributed by atoms with van der Waals surface area (Å²) < 4.78 is 13.9. The Balaban J connectivity index is 1.66. The molecule has 0 aliphatic carbocycles. The van der Waals surface area contributed by atoms with Crippen LogP contribution in [0.4, 0.5) is 10.1 Å². The number of hydrogen-bond donors (Lipinski definition) is 1. The zero-order chi connectivity index (χ0) is 18.7. The topological polar surface area (TPSA) is 49.4 Å². The maximum absolute atomic E-state index is 13.0. The lowest BCUT2D eigenvalue weighted by atomic mass is 9.96. The van der Waals surface area contributed by atoms with Gasteiger partial charge in [0, 0.05) is 23.1 Å². The van der Waals surface area contributed by atoms with Gasteiger partial charge in [0.05, 0.1) is 11.6 Å². The van der Waals surface area contributed by atoms with E-state index in [-0.39, 0.29) is 23.5 Å². The van der Waals surface area contributed by atoms with Crippen LogP contribution >= 0.6 is 15.9 Å². The minimum atomic E-state index is -0.374. The number of carbonyl (C=O) groups is 2. The number of anilines is 1. The fourth-order valence-electron chi connectivity index (χ4n) is 3.11. The van der Waals surface area contributed by atoms with Crippen LogP contribution in [0.3, 0.4) is 0 Å². The van der Waals surface area contributed by atoms with E-state index in [1.807, 2.05) is 25.1 Å². The van der Waals surface area contributed by atoms with Gasteiger partial charge in [0.15, 0.2) is 0 Å². The number of likely N-dealkylation sites (tertiary alicyclic amines) is 1. The molecule has 1 fully saturated rings. The summed E-state index contributed by atoms with van der Waals surface area (Å²) in [6.45, 7) is 2.95. The Morgan fingerprint density at radius 2 is 1.92 bits per heavy atom. The highest BCUT2D eigenvalue weighted by atomic mass is 79.9. The van der Waals surface area contributed by atoms with E-state index in [4.69, 9.17) is 0 Å². The summed E-state index contributed by atoms with van der Waals surface area (Å²) in [5.74, 6) is -0.896. The molecule has 1 N–H and O–H groups in total. The van der Waals surface area contributed by atoms with Gasteiger partial charge in [-0.25, -0.2) is 4.39 Å². The summed E-state index contributed by atoms with van der Waals surface area (Å²) in [7, 11) is 0. The van der Waals surface area contributed by atoms with E-state index < -0.39 is 0 Å². The molecule has 2 aromatic rings. The van der Waals surface area contributed by atoms with Crippen molar-refractivity contribution in [1.29, 1.82) is 0 Å². The van der Waals surface area contributed by atoms with Crippen LogP contribution in [0.15, 0.2) is 46.9 Å². The van der Waals surface area contributed by atoms with Gasteiger partial charge in [0.1, 0.15) is 5.82 Å². The number of amides is 2.